The van der Waals surface area contributed by atoms with Crippen molar-refractivity contribution in [2.75, 3.05) is 11.9 Å². The Bertz CT molecular complexity index is 371. The van der Waals surface area contributed by atoms with E-state index < -0.39 is 0 Å². The van der Waals surface area contributed by atoms with Crippen molar-refractivity contribution in [3.05, 3.63) is 24.3 Å². The fourth-order valence-electron chi connectivity index (χ4n) is 2.85. The quantitative estimate of drug-likeness (QED) is 0.551. The lowest BCUT2D eigenvalue weighted by atomic mass is 10.1. The molecule has 20 heavy (non-hydrogen) atoms. The molecule has 1 saturated carbocycles. The first-order valence-corrected chi connectivity index (χ1v) is 9.27. The van der Waals surface area contributed by atoms with E-state index in [0.29, 0.717) is 0 Å². The number of anilines is 1. The third-order valence-corrected chi connectivity index (χ3v) is 5.49. The Hall–Kier alpha value is -0.630. The molecule has 0 amide bonds. The van der Waals surface area contributed by atoms with E-state index in [2.05, 4.69) is 48.3 Å². The first-order chi connectivity index (χ1) is 9.90. The van der Waals surface area contributed by atoms with Crippen LogP contribution < -0.4 is 5.32 Å². The van der Waals surface area contributed by atoms with Gasteiger partial charge in [-0.1, -0.05) is 57.6 Å². The fraction of sp³-hybridized carbons (Fsp3) is 0.667. The van der Waals surface area contributed by atoms with Gasteiger partial charge < -0.3 is 5.32 Å². The molecule has 0 aromatic heterocycles. The number of hydrogen-bond donors (Lipinski definition) is 1. The van der Waals surface area contributed by atoms with Crippen LogP contribution in [0.4, 0.5) is 5.69 Å². The van der Waals surface area contributed by atoms with Gasteiger partial charge in [0.2, 0.25) is 0 Å². The van der Waals surface area contributed by atoms with E-state index in [4.69, 9.17) is 0 Å². The van der Waals surface area contributed by atoms with Crippen molar-refractivity contribution in [1.82, 2.24) is 0 Å². The third kappa shape index (κ3) is 5.40. The highest BCUT2D eigenvalue weighted by molar-refractivity contribution is 8.00. The summed E-state index contributed by atoms with van der Waals surface area (Å²) in [6.07, 6.45) is 12.4. The van der Waals surface area contributed by atoms with Crippen LogP contribution in [0.15, 0.2) is 29.2 Å². The molecular weight excluding hydrogens is 262 g/mol. The van der Waals surface area contributed by atoms with Crippen LogP contribution in [-0.4, -0.2) is 11.8 Å². The predicted molar refractivity (Wildman–Crippen MR) is 91.8 cm³/mol. The van der Waals surface area contributed by atoms with E-state index in [1.54, 1.807) is 0 Å². The lowest BCUT2D eigenvalue weighted by Gasteiger charge is -2.14. The summed E-state index contributed by atoms with van der Waals surface area (Å²) in [5, 5.41) is 4.49. The van der Waals surface area contributed by atoms with Crippen molar-refractivity contribution < 1.29 is 0 Å². The predicted octanol–water partition coefficient (Wildman–Crippen LogP) is 6.10. The molecule has 0 atom stereocenters. The van der Waals surface area contributed by atoms with Crippen molar-refractivity contribution in [2.45, 2.75) is 74.9 Å². The van der Waals surface area contributed by atoms with E-state index in [-0.39, 0.29) is 0 Å². The Morgan fingerprint density at radius 2 is 1.80 bits per heavy atom. The maximum absolute atomic E-state index is 3.64. The number of nitrogens with one attached hydrogen (secondary N) is 1. The second kappa shape index (κ2) is 9.33. The maximum atomic E-state index is 3.64. The van der Waals surface area contributed by atoms with Gasteiger partial charge >= 0.3 is 0 Å². The Balaban J connectivity index is 1.75. The molecule has 0 spiro atoms. The summed E-state index contributed by atoms with van der Waals surface area (Å²) in [6.45, 7) is 3.39. The van der Waals surface area contributed by atoms with Crippen LogP contribution in [0.1, 0.15) is 64.7 Å². The van der Waals surface area contributed by atoms with Crippen LogP contribution in [0.25, 0.3) is 0 Å². The van der Waals surface area contributed by atoms with Crippen LogP contribution >= 0.6 is 11.8 Å². The van der Waals surface area contributed by atoms with Crippen LogP contribution in [0.3, 0.4) is 0 Å². The van der Waals surface area contributed by atoms with E-state index in [0.717, 1.165) is 11.8 Å². The van der Waals surface area contributed by atoms with Gasteiger partial charge in [0.05, 0.1) is 0 Å². The van der Waals surface area contributed by atoms with Gasteiger partial charge in [0.15, 0.2) is 0 Å². The van der Waals surface area contributed by atoms with Gasteiger partial charge in [-0.25, -0.2) is 0 Å². The van der Waals surface area contributed by atoms with E-state index in [1.165, 1.54) is 68.4 Å². The van der Waals surface area contributed by atoms with Gasteiger partial charge in [0, 0.05) is 22.4 Å². The number of benzene rings is 1. The smallest absolute Gasteiger partial charge is 0.0478 e. The van der Waals surface area contributed by atoms with Crippen molar-refractivity contribution >= 4 is 17.4 Å². The van der Waals surface area contributed by atoms with Gasteiger partial charge in [0.1, 0.15) is 0 Å². The third-order valence-electron chi connectivity index (χ3n) is 4.08. The lowest BCUT2D eigenvalue weighted by molar-refractivity contribution is 0.645. The van der Waals surface area contributed by atoms with Crippen molar-refractivity contribution in [3.63, 3.8) is 0 Å². The summed E-state index contributed by atoms with van der Waals surface area (Å²) < 4.78 is 0. The largest absolute Gasteiger partial charge is 0.384 e. The zero-order valence-electron chi connectivity index (χ0n) is 12.9. The topological polar surface area (TPSA) is 12.0 Å². The van der Waals surface area contributed by atoms with E-state index in [1.807, 2.05) is 0 Å². The van der Waals surface area contributed by atoms with Crippen LogP contribution in [0.2, 0.25) is 0 Å². The molecular formula is C18H29NS. The highest BCUT2D eigenvalue weighted by Crippen LogP contribution is 2.37. The SMILES string of the molecule is CCCCCCCNc1ccccc1SC1CCCC1. The standard InChI is InChI=1S/C18H29NS/c1-2-3-4-5-10-15-19-17-13-8-9-14-18(17)20-16-11-6-7-12-16/h8-9,13-14,16,19H,2-7,10-12,15H2,1H3. The average Bonchev–Trinajstić information content (AvgIpc) is 2.97. The molecule has 1 aromatic rings. The summed E-state index contributed by atoms with van der Waals surface area (Å²) in [4.78, 5) is 1.45. The summed E-state index contributed by atoms with van der Waals surface area (Å²) in [5.74, 6) is 0. The van der Waals surface area contributed by atoms with Crippen molar-refractivity contribution in [3.8, 4) is 0 Å². The molecule has 0 unspecified atom stereocenters. The summed E-state index contributed by atoms with van der Waals surface area (Å²) >= 11 is 2.09. The minimum absolute atomic E-state index is 0.850. The Morgan fingerprint density at radius 1 is 1.05 bits per heavy atom. The molecule has 0 heterocycles. The Labute approximate surface area is 128 Å². The summed E-state index contributed by atoms with van der Waals surface area (Å²) in [5.41, 5.74) is 1.35. The second-order valence-electron chi connectivity index (χ2n) is 5.86. The fourth-order valence-corrected chi connectivity index (χ4v) is 4.21. The molecule has 1 fully saturated rings. The average molecular weight is 292 g/mol. The Morgan fingerprint density at radius 3 is 2.60 bits per heavy atom. The second-order valence-corrected chi connectivity index (χ2v) is 7.20. The summed E-state index contributed by atoms with van der Waals surface area (Å²) in [7, 11) is 0. The highest BCUT2D eigenvalue weighted by atomic mass is 32.2. The number of rotatable bonds is 9. The molecule has 2 heteroatoms. The van der Waals surface area contributed by atoms with Gasteiger partial charge in [-0.2, -0.15) is 0 Å². The van der Waals surface area contributed by atoms with E-state index >= 15 is 0 Å². The number of para-hydroxylation sites is 1. The van der Waals surface area contributed by atoms with Gasteiger partial charge in [-0.05, 0) is 31.4 Å². The molecule has 1 nitrogen and oxygen atoms in total. The summed E-state index contributed by atoms with van der Waals surface area (Å²) in [6, 6.07) is 8.84. The molecule has 0 radical (unpaired) electrons. The molecule has 1 aliphatic carbocycles. The number of unbranched alkanes of at least 4 members (excludes halogenated alkanes) is 4. The van der Waals surface area contributed by atoms with Crippen LogP contribution in [-0.2, 0) is 0 Å². The molecule has 0 aliphatic heterocycles. The molecule has 1 N–H and O–H groups in total. The zero-order valence-corrected chi connectivity index (χ0v) is 13.7. The monoisotopic (exact) mass is 291 g/mol. The van der Waals surface area contributed by atoms with Crippen molar-refractivity contribution in [1.29, 1.82) is 0 Å². The lowest BCUT2D eigenvalue weighted by Crippen LogP contribution is -2.03. The van der Waals surface area contributed by atoms with Crippen molar-refractivity contribution in [2.24, 2.45) is 0 Å². The highest BCUT2D eigenvalue weighted by Gasteiger charge is 2.17. The van der Waals surface area contributed by atoms with Gasteiger partial charge in [-0.15, -0.1) is 11.8 Å². The number of hydrogen-bond acceptors (Lipinski definition) is 2. The van der Waals surface area contributed by atoms with Crippen LogP contribution in [0, 0.1) is 0 Å². The minimum atomic E-state index is 0.850. The first-order valence-electron chi connectivity index (χ1n) is 8.39. The molecule has 2 rings (SSSR count). The van der Waals surface area contributed by atoms with E-state index in [9.17, 15) is 0 Å². The maximum Gasteiger partial charge on any atom is 0.0478 e. The number of thioether (sulfide) groups is 1. The molecule has 1 aliphatic rings. The van der Waals surface area contributed by atoms with Gasteiger partial charge in [0.25, 0.3) is 0 Å². The molecule has 112 valence electrons. The Kier molecular flexibility index (Phi) is 7.35. The first kappa shape index (κ1) is 15.8. The van der Waals surface area contributed by atoms with Crippen LogP contribution in [0.5, 0.6) is 0 Å². The zero-order chi connectivity index (χ0) is 14.0. The molecule has 0 bridgehead atoms. The molecule has 0 saturated heterocycles. The minimum Gasteiger partial charge on any atom is -0.384 e. The normalized spacial score (nSPS) is 15.7. The van der Waals surface area contributed by atoms with Gasteiger partial charge in [-0.3, -0.25) is 0 Å². The molecule has 1 aromatic carbocycles.